The molecule has 3 rings (SSSR count). The van der Waals surface area contributed by atoms with Crippen LogP contribution in [0.3, 0.4) is 0 Å². The minimum absolute atomic E-state index is 0.0806. The number of thiophene rings is 1. The highest BCUT2D eigenvalue weighted by molar-refractivity contribution is 7.07. The Hall–Kier alpha value is -0.910. The topological polar surface area (TPSA) is 38.8 Å². The van der Waals surface area contributed by atoms with Crippen molar-refractivity contribution in [3.63, 3.8) is 0 Å². The Morgan fingerprint density at radius 1 is 1.62 bits per heavy atom. The molecule has 116 valence electrons. The van der Waals surface area contributed by atoms with Gasteiger partial charge >= 0.3 is 0 Å². The molecule has 3 heterocycles. The Labute approximate surface area is 130 Å². The van der Waals surface area contributed by atoms with Crippen LogP contribution in [0.2, 0.25) is 0 Å². The van der Waals surface area contributed by atoms with E-state index in [-0.39, 0.29) is 11.5 Å². The van der Waals surface area contributed by atoms with Gasteiger partial charge in [-0.25, -0.2) is 0 Å². The summed E-state index contributed by atoms with van der Waals surface area (Å²) >= 11 is 1.64. The van der Waals surface area contributed by atoms with Gasteiger partial charge in [-0.1, -0.05) is 0 Å². The van der Waals surface area contributed by atoms with E-state index in [1.807, 2.05) is 16.3 Å². The average Bonchev–Trinajstić information content (AvgIpc) is 3.20. The molecule has 2 aliphatic rings. The lowest BCUT2D eigenvalue weighted by Crippen LogP contribution is -2.36. The van der Waals surface area contributed by atoms with Crippen LogP contribution in [0.15, 0.2) is 16.8 Å². The molecule has 0 bridgehead atoms. The Morgan fingerprint density at radius 3 is 3.29 bits per heavy atom. The number of nitrogens with zero attached hydrogens (tertiary/aromatic N) is 1. The first-order chi connectivity index (χ1) is 10.2. The first kappa shape index (κ1) is 15.0. The number of ether oxygens (including phenoxy) is 2. The van der Waals surface area contributed by atoms with Gasteiger partial charge in [-0.15, -0.1) is 0 Å². The van der Waals surface area contributed by atoms with Crippen LogP contribution >= 0.6 is 11.3 Å². The number of carbonyl (C=O) groups excluding carboxylic acids is 1. The van der Waals surface area contributed by atoms with Crippen LogP contribution in [0.25, 0.3) is 0 Å². The van der Waals surface area contributed by atoms with Gasteiger partial charge in [-0.2, -0.15) is 11.3 Å². The largest absolute Gasteiger partial charge is 0.385 e. The summed E-state index contributed by atoms with van der Waals surface area (Å²) in [5.41, 5.74) is 1.04. The van der Waals surface area contributed by atoms with Crippen LogP contribution in [0.5, 0.6) is 0 Å². The maximum atomic E-state index is 12.4. The zero-order valence-corrected chi connectivity index (χ0v) is 13.4. The lowest BCUT2D eigenvalue weighted by Gasteiger charge is -2.23. The minimum Gasteiger partial charge on any atom is -0.385 e. The Balaban J connectivity index is 1.52. The fourth-order valence-electron chi connectivity index (χ4n) is 3.43. The molecule has 1 aromatic rings. The second-order valence-corrected chi connectivity index (χ2v) is 7.00. The van der Waals surface area contributed by atoms with Crippen LogP contribution < -0.4 is 0 Å². The van der Waals surface area contributed by atoms with Crippen LogP contribution in [0.1, 0.15) is 24.8 Å². The highest BCUT2D eigenvalue weighted by Gasteiger charge is 2.46. The van der Waals surface area contributed by atoms with E-state index in [9.17, 15) is 4.79 Å². The van der Waals surface area contributed by atoms with Crippen molar-refractivity contribution in [3.8, 4) is 0 Å². The van der Waals surface area contributed by atoms with Gasteiger partial charge in [0.25, 0.3) is 0 Å². The number of hydrogen-bond acceptors (Lipinski definition) is 4. The van der Waals surface area contributed by atoms with Crippen molar-refractivity contribution in [1.82, 2.24) is 4.90 Å². The highest BCUT2D eigenvalue weighted by atomic mass is 32.1. The molecule has 1 aromatic heterocycles. The van der Waals surface area contributed by atoms with E-state index in [4.69, 9.17) is 9.47 Å². The predicted octanol–water partition coefficient (Wildman–Crippen LogP) is 2.33. The molecule has 0 aliphatic carbocycles. The summed E-state index contributed by atoms with van der Waals surface area (Å²) < 4.78 is 11.2. The predicted molar refractivity (Wildman–Crippen MR) is 82.5 cm³/mol. The van der Waals surface area contributed by atoms with Gasteiger partial charge in [0.05, 0.1) is 18.6 Å². The van der Waals surface area contributed by atoms with Crippen molar-refractivity contribution in [1.29, 1.82) is 0 Å². The average molecular weight is 309 g/mol. The summed E-state index contributed by atoms with van der Waals surface area (Å²) in [4.78, 5) is 14.3. The first-order valence-corrected chi connectivity index (χ1v) is 8.57. The molecule has 1 spiro atoms. The van der Waals surface area contributed by atoms with Gasteiger partial charge in [0.1, 0.15) is 0 Å². The minimum atomic E-state index is -0.0806. The fourth-order valence-corrected chi connectivity index (χ4v) is 4.10. The molecule has 0 saturated carbocycles. The van der Waals surface area contributed by atoms with Crippen LogP contribution in [0.4, 0.5) is 0 Å². The summed E-state index contributed by atoms with van der Waals surface area (Å²) in [6.45, 7) is 3.21. The maximum Gasteiger partial charge on any atom is 0.227 e. The van der Waals surface area contributed by atoms with E-state index >= 15 is 0 Å². The van der Waals surface area contributed by atoms with Crippen molar-refractivity contribution in [2.45, 2.75) is 31.3 Å². The van der Waals surface area contributed by atoms with Gasteiger partial charge in [-0.3, -0.25) is 4.79 Å². The van der Waals surface area contributed by atoms with Crippen LogP contribution in [0, 0.1) is 5.92 Å². The fraction of sp³-hybridized carbons (Fsp3) is 0.688. The molecule has 2 fully saturated rings. The monoisotopic (exact) mass is 309 g/mol. The van der Waals surface area contributed by atoms with Crippen molar-refractivity contribution < 1.29 is 14.3 Å². The molecule has 2 atom stereocenters. The highest BCUT2D eigenvalue weighted by Crippen LogP contribution is 2.39. The SMILES string of the molecule is COCCC1COC2(CCN(C(=O)Cc3ccsc3)C2)C1. The quantitative estimate of drug-likeness (QED) is 0.838. The third-order valence-electron chi connectivity index (χ3n) is 4.62. The summed E-state index contributed by atoms with van der Waals surface area (Å²) in [6.07, 6.45) is 3.62. The summed E-state index contributed by atoms with van der Waals surface area (Å²) in [7, 11) is 1.74. The van der Waals surface area contributed by atoms with E-state index in [1.54, 1.807) is 18.4 Å². The number of rotatable bonds is 5. The summed E-state index contributed by atoms with van der Waals surface area (Å²) in [5.74, 6) is 0.811. The molecule has 0 aromatic carbocycles. The standard InChI is InChI=1S/C16H23NO3S/c1-19-6-2-14-9-16(20-10-14)4-5-17(12-16)15(18)8-13-3-7-21-11-13/h3,7,11,14H,2,4-6,8-10,12H2,1H3. The normalized spacial score (nSPS) is 28.6. The second kappa shape index (κ2) is 6.46. The molecule has 1 amide bonds. The van der Waals surface area contributed by atoms with E-state index in [0.717, 1.165) is 51.1 Å². The van der Waals surface area contributed by atoms with Crippen molar-refractivity contribution in [2.75, 3.05) is 33.4 Å². The Kier molecular flexibility index (Phi) is 4.62. The maximum absolute atomic E-state index is 12.4. The zero-order chi connectivity index (χ0) is 14.7. The van der Waals surface area contributed by atoms with Gasteiger partial charge in [0.15, 0.2) is 0 Å². The number of hydrogen-bond donors (Lipinski definition) is 0. The van der Waals surface area contributed by atoms with Gasteiger partial charge < -0.3 is 14.4 Å². The first-order valence-electron chi connectivity index (χ1n) is 7.62. The van der Waals surface area contributed by atoms with Gasteiger partial charge in [0, 0.05) is 26.8 Å². The second-order valence-electron chi connectivity index (χ2n) is 6.22. The molecule has 2 aliphatic heterocycles. The molecule has 5 heteroatoms. The van der Waals surface area contributed by atoms with Crippen molar-refractivity contribution >= 4 is 17.2 Å². The van der Waals surface area contributed by atoms with Gasteiger partial charge in [0.2, 0.25) is 5.91 Å². The number of amides is 1. The van der Waals surface area contributed by atoms with E-state index in [1.165, 1.54) is 0 Å². The molecule has 21 heavy (non-hydrogen) atoms. The van der Waals surface area contributed by atoms with E-state index in [0.29, 0.717) is 12.3 Å². The van der Waals surface area contributed by atoms with Crippen LogP contribution in [-0.2, 0) is 20.7 Å². The number of likely N-dealkylation sites (tertiary alicyclic amines) is 1. The zero-order valence-electron chi connectivity index (χ0n) is 12.5. The molecular weight excluding hydrogens is 286 g/mol. The van der Waals surface area contributed by atoms with E-state index < -0.39 is 0 Å². The third-order valence-corrected chi connectivity index (χ3v) is 5.35. The van der Waals surface area contributed by atoms with Crippen molar-refractivity contribution in [3.05, 3.63) is 22.4 Å². The Bertz CT molecular complexity index is 476. The summed E-state index contributed by atoms with van der Waals surface area (Å²) in [5, 5.41) is 4.07. The number of carbonyl (C=O) groups is 1. The molecule has 4 nitrogen and oxygen atoms in total. The lowest BCUT2D eigenvalue weighted by molar-refractivity contribution is -0.130. The molecular formula is C16H23NO3S. The molecule has 0 radical (unpaired) electrons. The molecule has 2 unspecified atom stereocenters. The summed E-state index contributed by atoms with van der Waals surface area (Å²) in [6, 6.07) is 2.03. The third kappa shape index (κ3) is 3.47. The number of methoxy groups -OCH3 is 1. The van der Waals surface area contributed by atoms with Crippen molar-refractivity contribution in [2.24, 2.45) is 5.92 Å². The van der Waals surface area contributed by atoms with Crippen LogP contribution in [-0.4, -0.2) is 49.8 Å². The molecule has 2 saturated heterocycles. The molecule has 0 N–H and O–H groups in total. The lowest BCUT2D eigenvalue weighted by atomic mass is 9.92. The smallest absolute Gasteiger partial charge is 0.227 e. The van der Waals surface area contributed by atoms with Gasteiger partial charge in [-0.05, 0) is 47.6 Å². The Morgan fingerprint density at radius 2 is 2.52 bits per heavy atom. The van der Waals surface area contributed by atoms with E-state index in [2.05, 4.69) is 5.38 Å².